The highest BCUT2D eigenvalue weighted by atomic mass is 16.5. The number of methoxy groups -OCH3 is 1. The number of hydrogen-bond donors (Lipinski definition) is 0. The summed E-state index contributed by atoms with van der Waals surface area (Å²) in [5, 5.41) is 0. The molecule has 76 valence electrons. The van der Waals surface area contributed by atoms with Crippen LogP contribution in [0, 0.1) is 5.41 Å². The molecule has 0 radical (unpaired) electrons. The van der Waals surface area contributed by atoms with Crippen LogP contribution in [-0.4, -0.2) is 13.7 Å². The molecule has 1 fully saturated rings. The fourth-order valence-electron chi connectivity index (χ4n) is 1.89. The second-order valence-electron chi connectivity index (χ2n) is 4.42. The largest absolute Gasteiger partial charge is 0.496 e. The molecule has 0 bridgehead atoms. The van der Waals surface area contributed by atoms with Gasteiger partial charge in [0.05, 0.1) is 19.8 Å². The third kappa shape index (κ3) is 1.40. The standard InChI is InChI=1S/C12H16O2/c1-12(2)8-14-11(12)9-6-4-5-7-10(9)13-3/h4-7,11H,8H2,1-3H3/t11-/m0/s1. The van der Waals surface area contributed by atoms with Crippen LogP contribution < -0.4 is 4.74 Å². The van der Waals surface area contributed by atoms with Gasteiger partial charge in [0.15, 0.2) is 0 Å². The van der Waals surface area contributed by atoms with E-state index in [9.17, 15) is 0 Å². The van der Waals surface area contributed by atoms with E-state index in [2.05, 4.69) is 19.9 Å². The van der Waals surface area contributed by atoms with E-state index >= 15 is 0 Å². The maximum Gasteiger partial charge on any atom is 0.124 e. The van der Waals surface area contributed by atoms with E-state index in [4.69, 9.17) is 9.47 Å². The molecular formula is C12H16O2. The summed E-state index contributed by atoms with van der Waals surface area (Å²) in [5.74, 6) is 0.922. The Morgan fingerprint density at radius 2 is 2.07 bits per heavy atom. The topological polar surface area (TPSA) is 18.5 Å². The maximum absolute atomic E-state index is 5.59. The van der Waals surface area contributed by atoms with Crippen molar-refractivity contribution in [2.45, 2.75) is 20.0 Å². The summed E-state index contributed by atoms with van der Waals surface area (Å²) in [5.41, 5.74) is 1.39. The maximum atomic E-state index is 5.59. The van der Waals surface area contributed by atoms with Gasteiger partial charge in [-0.3, -0.25) is 0 Å². The lowest BCUT2D eigenvalue weighted by Crippen LogP contribution is -2.40. The number of hydrogen-bond acceptors (Lipinski definition) is 2. The highest BCUT2D eigenvalue weighted by molar-refractivity contribution is 5.37. The summed E-state index contributed by atoms with van der Waals surface area (Å²) in [6.45, 7) is 5.26. The van der Waals surface area contributed by atoms with E-state index in [0.717, 1.165) is 17.9 Å². The molecule has 1 heterocycles. The predicted octanol–water partition coefficient (Wildman–Crippen LogP) is 2.79. The van der Waals surface area contributed by atoms with E-state index in [1.165, 1.54) is 0 Å². The molecule has 0 unspecified atom stereocenters. The first-order valence-electron chi connectivity index (χ1n) is 4.90. The molecule has 1 aliphatic heterocycles. The lowest BCUT2D eigenvalue weighted by atomic mass is 9.78. The minimum absolute atomic E-state index is 0.179. The van der Waals surface area contributed by atoms with Crippen LogP contribution in [0.1, 0.15) is 25.5 Å². The van der Waals surface area contributed by atoms with Crippen molar-refractivity contribution in [2.24, 2.45) is 5.41 Å². The van der Waals surface area contributed by atoms with E-state index in [1.807, 2.05) is 18.2 Å². The number of ether oxygens (including phenoxy) is 2. The predicted molar refractivity (Wildman–Crippen MR) is 55.5 cm³/mol. The van der Waals surface area contributed by atoms with Crippen LogP contribution >= 0.6 is 0 Å². The average Bonchev–Trinajstić information content (AvgIpc) is 2.17. The molecule has 1 aromatic carbocycles. The molecule has 2 heteroatoms. The van der Waals surface area contributed by atoms with Gasteiger partial charge >= 0.3 is 0 Å². The molecule has 1 aromatic rings. The van der Waals surface area contributed by atoms with Gasteiger partial charge in [-0.1, -0.05) is 32.0 Å². The molecular weight excluding hydrogens is 176 g/mol. The molecule has 2 rings (SSSR count). The number of rotatable bonds is 2. The van der Waals surface area contributed by atoms with Crippen molar-refractivity contribution < 1.29 is 9.47 Å². The molecule has 14 heavy (non-hydrogen) atoms. The van der Waals surface area contributed by atoms with Crippen LogP contribution in [0.5, 0.6) is 5.75 Å². The molecule has 2 nitrogen and oxygen atoms in total. The molecule has 0 aliphatic carbocycles. The van der Waals surface area contributed by atoms with Gasteiger partial charge in [0, 0.05) is 11.0 Å². The minimum atomic E-state index is 0.179. The first-order valence-corrected chi connectivity index (χ1v) is 4.90. The molecule has 0 amide bonds. The normalized spacial score (nSPS) is 24.1. The van der Waals surface area contributed by atoms with Gasteiger partial charge in [-0.25, -0.2) is 0 Å². The SMILES string of the molecule is COc1ccccc1[C@@H]1OCC1(C)C. The van der Waals surface area contributed by atoms with Crippen LogP contribution in [0.15, 0.2) is 24.3 Å². The van der Waals surface area contributed by atoms with Gasteiger partial charge in [0.1, 0.15) is 5.75 Å². The Bertz CT molecular complexity index is 331. The highest BCUT2D eigenvalue weighted by Gasteiger charge is 2.42. The highest BCUT2D eigenvalue weighted by Crippen LogP contribution is 2.48. The molecule has 0 aromatic heterocycles. The van der Waals surface area contributed by atoms with E-state index in [1.54, 1.807) is 7.11 Å². The quantitative estimate of drug-likeness (QED) is 0.717. The molecule has 1 saturated heterocycles. The summed E-state index contributed by atoms with van der Waals surface area (Å²) in [7, 11) is 1.70. The summed E-state index contributed by atoms with van der Waals surface area (Å²) >= 11 is 0. The van der Waals surface area contributed by atoms with Crippen molar-refractivity contribution in [3.8, 4) is 5.75 Å². The van der Waals surface area contributed by atoms with Crippen molar-refractivity contribution in [1.29, 1.82) is 0 Å². The van der Waals surface area contributed by atoms with Crippen LogP contribution in [0.4, 0.5) is 0 Å². The van der Waals surface area contributed by atoms with Crippen molar-refractivity contribution in [2.75, 3.05) is 13.7 Å². The van der Waals surface area contributed by atoms with Gasteiger partial charge in [0.25, 0.3) is 0 Å². The molecule has 0 N–H and O–H groups in total. The van der Waals surface area contributed by atoms with Gasteiger partial charge in [-0.15, -0.1) is 0 Å². The summed E-state index contributed by atoms with van der Waals surface area (Å²) in [4.78, 5) is 0. The molecule has 1 aliphatic rings. The lowest BCUT2D eigenvalue weighted by Gasteiger charge is -2.44. The van der Waals surface area contributed by atoms with Crippen LogP contribution in [-0.2, 0) is 4.74 Å². The van der Waals surface area contributed by atoms with Crippen molar-refractivity contribution >= 4 is 0 Å². The molecule has 0 spiro atoms. The van der Waals surface area contributed by atoms with Gasteiger partial charge < -0.3 is 9.47 Å². The zero-order chi connectivity index (χ0) is 10.2. The van der Waals surface area contributed by atoms with E-state index in [-0.39, 0.29) is 11.5 Å². The first kappa shape index (κ1) is 9.53. The lowest BCUT2D eigenvalue weighted by molar-refractivity contribution is -0.172. The Labute approximate surface area is 84.8 Å². The number of para-hydroxylation sites is 1. The minimum Gasteiger partial charge on any atom is -0.496 e. The average molecular weight is 192 g/mol. The smallest absolute Gasteiger partial charge is 0.124 e. The van der Waals surface area contributed by atoms with Gasteiger partial charge in [-0.05, 0) is 6.07 Å². The second-order valence-corrected chi connectivity index (χ2v) is 4.42. The van der Waals surface area contributed by atoms with Gasteiger partial charge in [0.2, 0.25) is 0 Å². The summed E-state index contributed by atoms with van der Waals surface area (Å²) in [6, 6.07) is 8.06. The first-order chi connectivity index (χ1) is 6.65. The molecule has 1 atom stereocenters. The summed E-state index contributed by atoms with van der Waals surface area (Å²) < 4.78 is 10.9. The Morgan fingerprint density at radius 1 is 1.36 bits per heavy atom. The fraction of sp³-hybridized carbons (Fsp3) is 0.500. The third-order valence-corrected chi connectivity index (χ3v) is 2.75. The zero-order valence-electron chi connectivity index (χ0n) is 8.91. The second kappa shape index (κ2) is 3.28. The van der Waals surface area contributed by atoms with E-state index in [0.29, 0.717) is 0 Å². The summed E-state index contributed by atoms with van der Waals surface area (Å²) in [6.07, 6.45) is 0.179. The fourth-order valence-corrected chi connectivity index (χ4v) is 1.89. The van der Waals surface area contributed by atoms with Crippen LogP contribution in [0.2, 0.25) is 0 Å². The Morgan fingerprint density at radius 3 is 2.57 bits per heavy atom. The van der Waals surface area contributed by atoms with E-state index < -0.39 is 0 Å². The third-order valence-electron chi connectivity index (χ3n) is 2.75. The Balaban J connectivity index is 2.32. The van der Waals surface area contributed by atoms with Gasteiger partial charge in [-0.2, -0.15) is 0 Å². The van der Waals surface area contributed by atoms with Crippen LogP contribution in [0.3, 0.4) is 0 Å². The van der Waals surface area contributed by atoms with Crippen LogP contribution in [0.25, 0.3) is 0 Å². The Kier molecular flexibility index (Phi) is 2.23. The Hall–Kier alpha value is -1.02. The number of benzene rings is 1. The monoisotopic (exact) mass is 192 g/mol. The zero-order valence-corrected chi connectivity index (χ0v) is 8.91. The molecule has 0 saturated carbocycles. The van der Waals surface area contributed by atoms with Crippen molar-refractivity contribution in [3.63, 3.8) is 0 Å². The van der Waals surface area contributed by atoms with Crippen molar-refractivity contribution in [1.82, 2.24) is 0 Å². The van der Waals surface area contributed by atoms with Crippen molar-refractivity contribution in [3.05, 3.63) is 29.8 Å².